The molecule has 0 radical (unpaired) electrons. The van der Waals surface area contributed by atoms with E-state index in [0.29, 0.717) is 18.6 Å². The predicted molar refractivity (Wildman–Crippen MR) is 90.9 cm³/mol. The number of ether oxygens (including phenoxy) is 3. The molecule has 2 aliphatic heterocycles. The van der Waals surface area contributed by atoms with Gasteiger partial charge in [-0.05, 0) is 18.4 Å². The first-order chi connectivity index (χ1) is 12.3. The lowest BCUT2D eigenvalue weighted by Gasteiger charge is -2.39. The number of carbonyl (C=O) groups is 3. The van der Waals surface area contributed by atoms with Crippen LogP contribution in [0.2, 0.25) is 0 Å². The highest BCUT2D eigenvalue weighted by Gasteiger charge is 2.67. The van der Waals surface area contributed by atoms with Gasteiger partial charge in [0.25, 0.3) is 0 Å². The molecule has 0 unspecified atom stereocenters. The third-order valence-electron chi connectivity index (χ3n) is 6.29. The van der Waals surface area contributed by atoms with Crippen molar-refractivity contribution in [2.75, 3.05) is 7.11 Å². The molecule has 1 saturated heterocycles. The topological polar surface area (TPSA) is 82.2 Å². The second kappa shape index (κ2) is 5.78. The van der Waals surface area contributed by atoms with Crippen LogP contribution in [0.4, 0.5) is 0 Å². The highest BCUT2D eigenvalue weighted by Crippen LogP contribution is 2.56. The van der Waals surface area contributed by atoms with Crippen molar-refractivity contribution in [3.63, 3.8) is 0 Å². The quantitative estimate of drug-likeness (QED) is 0.404. The van der Waals surface area contributed by atoms with Crippen molar-refractivity contribution in [3.8, 4) is 0 Å². The number of Topliss-reactive ketones (excluding diaryl/α,β-unsaturated/α-hetero) is 1. The number of epoxide rings is 1. The van der Waals surface area contributed by atoms with Crippen LogP contribution >= 0.6 is 0 Å². The van der Waals surface area contributed by atoms with Crippen LogP contribution in [-0.2, 0) is 28.6 Å². The monoisotopic (exact) mass is 360 g/mol. The zero-order valence-electron chi connectivity index (χ0n) is 15.5. The maximum atomic E-state index is 13.0. The lowest BCUT2D eigenvalue weighted by Crippen LogP contribution is -2.49. The van der Waals surface area contributed by atoms with Gasteiger partial charge in [-0.3, -0.25) is 9.59 Å². The van der Waals surface area contributed by atoms with Crippen LogP contribution in [-0.4, -0.2) is 42.5 Å². The van der Waals surface area contributed by atoms with E-state index < -0.39 is 17.5 Å². The smallest absolute Gasteiger partial charge is 0.346 e. The SMILES string of the molecule is COC1=C2C(=O)O[C@@]13C[C@@H](C)[C@@H]1O[C@@H]1[C@H]3/C=C\C(=O)[C@@H](C)C[C@@H](C)C2=O. The molecule has 2 aliphatic carbocycles. The fourth-order valence-corrected chi connectivity index (χ4v) is 4.91. The summed E-state index contributed by atoms with van der Waals surface area (Å²) >= 11 is 0. The first kappa shape index (κ1) is 17.5. The van der Waals surface area contributed by atoms with E-state index >= 15 is 0 Å². The van der Waals surface area contributed by atoms with Crippen molar-refractivity contribution in [1.82, 2.24) is 0 Å². The van der Waals surface area contributed by atoms with Crippen LogP contribution in [0.5, 0.6) is 0 Å². The third kappa shape index (κ3) is 2.31. The molecule has 0 amide bonds. The minimum atomic E-state index is -1.07. The molecule has 6 heteroatoms. The molecule has 4 rings (SSSR count). The fourth-order valence-electron chi connectivity index (χ4n) is 4.91. The van der Waals surface area contributed by atoms with Gasteiger partial charge in [0.15, 0.2) is 22.9 Å². The van der Waals surface area contributed by atoms with Gasteiger partial charge in [-0.1, -0.05) is 26.8 Å². The standard InChI is InChI=1S/C20H24O6/c1-9-7-10(2)15(22)14-18(24-4)20(26-19(14)23)8-11(3)16-17(25-16)12(20)5-6-13(9)21/h5-6,9-12,16-17H,7-8H2,1-4H3/b6-5-/t9-,10+,11+,12+,16-,17+,20+/m0/s1. The summed E-state index contributed by atoms with van der Waals surface area (Å²) in [6, 6.07) is 0. The van der Waals surface area contributed by atoms with Crippen LogP contribution in [0.15, 0.2) is 23.5 Å². The summed E-state index contributed by atoms with van der Waals surface area (Å²) in [4.78, 5) is 38.2. The molecule has 1 saturated carbocycles. The maximum Gasteiger partial charge on any atom is 0.346 e. The van der Waals surface area contributed by atoms with Crippen molar-refractivity contribution in [3.05, 3.63) is 23.5 Å². The van der Waals surface area contributed by atoms with Crippen molar-refractivity contribution >= 4 is 17.5 Å². The van der Waals surface area contributed by atoms with Gasteiger partial charge in [-0.15, -0.1) is 0 Å². The number of hydrogen-bond acceptors (Lipinski definition) is 6. The number of esters is 1. The van der Waals surface area contributed by atoms with E-state index in [0.717, 1.165) is 0 Å². The number of rotatable bonds is 1. The Labute approximate surface area is 152 Å². The number of fused-ring (bicyclic) bond motifs is 2. The number of methoxy groups -OCH3 is 1. The molecule has 4 aliphatic rings. The molecule has 140 valence electrons. The number of hydrogen-bond donors (Lipinski definition) is 0. The highest BCUT2D eigenvalue weighted by molar-refractivity contribution is 6.20. The van der Waals surface area contributed by atoms with Crippen LogP contribution in [0, 0.1) is 23.7 Å². The van der Waals surface area contributed by atoms with Gasteiger partial charge in [0, 0.05) is 18.3 Å². The molecule has 0 N–H and O–H groups in total. The highest BCUT2D eigenvalue weighted by atomic mass is 16.6. The van der Waals surface area contributed by atoms with Gasteiger partial charge in [-0.25, -0.2) is 4.79 Å². The van der Waals surface area contributed by atoms with Gasteiger partial charge in [-0.2, -0.15) is 0 Å². The Hall–Kier alpha value is -1.95. The van der Waals surface area contributed by atoms with Gasteiger partial charge in [0.05, 0.1) is 25.2 Å². The number of carbonyl (C=O) groups excluding carboxylic acids is 3. The van der Waals surface area contributed by atoms with Crippen LogP contribution in [0.25, 0.3) is 0 Å². The van der Waals surface area contributed by atoms with Gasteiger partial charge in [0.2, 0.25) is 0 Å². The Balaban J connectivity index is 1.90. The maximum absolute atomic E-state index is 13.0. The van der Waals surface area contributed by atoms with E-state index in [-0.39, 0.29) is 47.1 Å². The van der Waals surface area contributed by atoms with Gasteiger partial charge < -0.3 is 14.2 Å². The summed E-state index contributed by atoms with van der Waals surface area (Å²) in [5.74, 6) is -1.59. The molecule has 7 atom stereocenters. The van der Waals surface area contributed by atoms with Crippen molar-refractivity contribution in [2.24, 2.45) is 23.7 Å². The molecule has 2 fully saturated rings. The third-order valence-corrected chi connectivity index (χ3v) is 6.29. The van der Waals surface area contributed by atoms with Crippen molar-refractivity contribution in [1.29, 1.82) is 0 Å². The number of allylic oxidation sites excluding steroid dienone is 1. The molecule has 0 aromatic rings. The molecule has 2 heterocycles. The minimum Gasteiger partial charge on any atom is -0.496 e. The molecular weight excluding hydrogens is 336 g/mol. The Kier molecular flexibility index (Phi) is 3.88. The van der Waals surface area contributed by atoms with E-state index in [1.807, 2.05) is 13.8 Å². The van der Waals surface area contributed by atoms with Crippen LogP contribution < -0.4 is 0 Å². The summed E-state index contributed by atoms with van der Waals surface area (Å²) in [5, 5.41) is 0. The fraction of sp³-hybridized carbons (Fsp3) is 0.650. The first-order valence-electron chi connectivity index (χ1n) is 9.24. The largest absolute Gasteiger partial charge is 0.496 e. The molecule has 0 aromatic carbocycles. The lowest BCUT2D eigenvalue weighted by atomic mass is 9.69. The van der Waals surface area contributed by atoms with E-state index in [4.69, 9.17) is 14.2 Å². The summed E-state index contributed by atoms with van der Waals surface area (Å²) < 4.78 is 17.3. The van der Waals surface area contributed by atoms with E-state index in [2.05, 4.69) is 0 Å². The second-order valence-corrected chi connectivity index (χ2v) is 8.12. The Morgan fingerprint density at radius 1 is 1.12 bits per heavy atom. The normalized spacial score (nSPS) is 46.1. The molecule has 26 heavy (non-hydrogen) atoms. The molecule has 1 spiro atoms. The van der Waals surface area contributed by atoms with Gasteiger partial charge in [0.1, 0.15) is 5.57 Å². The van der Waals surface area contributed by atoms with Crippen molar-refractivity contribution in [2.45, 2.75) is 51.4 Å². The molecule has 0 aromatic heterocycles. The van der Waals surface area contributed by atoms with E-state index in [9.17, 15) is 14.4 Å². The molecule has 6 nitrogen and oxygen atoms in total. The predicted octanol–water partition coefficient (Wildman–Crippen LogP) is 1.98. The summed E-state index contributed by atoms with van der Waals surface area (Å²) in [5.41, 5.74) is -1.07. The Morgan fingerprint density at radius 2 is 1.85 bits per heavy atom. The Bertz CT molecular complexity index is 749. The average Bonchev–Trinajstić information content (AvgIpc) is 3.33. The zero-order chi connectivity index (χ0) is 18.8. The Morgan fingerprint density at radius 3 is 2.54 bits per heavy atom. The zero-order valence-corrected chi connectivity index (χ0v) is 15.5. The average molecular weight is 360 g/mol. The summed E-state index contributed by atoms with van der Waals surface area (Å²) in [7, 11) is 1.47. The first-order valence-corrected chi connectivity index (χ1v) is 9.24. The minimum absolute atomic E-state index is 0.00579. The van der Waals surface area contributed by atoms with Crippen LogP contribution in [0.3, 0.4) is 0 Å². The van der Waals surface area contributed by atoms with E-state index in [1.165, 1.54) is 7.11 Å². The van der Waals surface area contributed by atoms with Crippen molar-refractivity contribution < 1.29 is 28.6 Å². The number of ketones is 2. The van der Waals surface area contributed by atoms with Crippen LogP contribution in [0.1, 0.15) is 33.6 Å². The summed E-state index contributed by atoms with van der Waals surface area (Å²) in [6.07, 6.45) is 4.20. The molecular formula is C20H24O6. The lowest BCUT2D eigenvalue weighted by molar-refractivity contribution is -0.156. The molecule has 2 bridgehead atoms. The second-order valence-electron chi connectivity index (χ2n) is 8.12. The van der Waals surface area contributed by atoms with Gasteiger partial charge >= 0.3 is 5.97 Å². The van der Waals surface area contributed by atoms with E-state index in [1.54, 1.807) is 19.1 Å². The summed E-state index contributed by atoms with van der Waals surface area (Å²) in [6.45, 7) is 5.60.